The highest BCUT2D eigenvalue weighted by molar-refractivity contribution is 6.48. The molecule has 259 valence electrons. The molecule has 10 nitrogen and oxygen atoms in total. The molecule has 4 aliphatic carbocycles. The summed E-state index contributed by atoms with van der Waals surface area (Å²) in [5.41, 5.74) is -2.84. The van der Waals surface area contributed by atoms with Crippen molar-refractivity contribution in [3.8, 4) is 6.07 Å². The third-order valence-electron chi connectivity index (χ3n) is 13.3. The molecule has 0 aromatic rings. The van der Waals surface area contributed by atoms with Gasteiger partial charge in [-0.3, -0.25) is 9.53 Å². The van der Waals surface area contributed by atoms with Crippen LogP contribution in [-0.4, -0.2) is 69.4 Å². The van der Waals surface area contributed by atoms with E-state index in [1.165, 1.54) is 0 Å². The number of aliphatic carboxylic acids is 1. The average Bonchev–Trinajstić information content (AvgIpc) is 3.68. The molecule has 0 aromatic carbocycles. The van der Waals surface area contributed by atoms with E-state index < -0.39 is 78.9 Å². The minimum absolute atomic E-state index is 0.0298. The summed E-state index contributed by atoms with van der Waals surface area (Å²) in [6.07, 6.45) is 4.14. The maximum absolute atomic E-state index is 14.0. The molecular weight excluding hydrogens is 618 g/mol. The van der Waals surface area contributed by atoms with Gasteiger partial charge < -0.3 is 33.3 Å². The van der Waals surface area contributed by atoms with Crippen LogP contribution < -0.4 is 0 Å². The summed E-state index contributed by atoms with van der Waals surface area (Å²) in [5.74, 6) is -4.10. The smallest absolute Gasteiger partial charge is 0.315 e. The van der Waals surface area contributed by atoms with Crippen molar-refractivity contribution in [3.63, 3.8) is 0 Å². The van der Waals surface area contributed by atoms with E-state index in [0.717, 1.165) is 24.7 Å². The second-order valence-electron chi connectivity index (χ2n) is 17.2. The van der Waals surface area contributed by atoms with E-state index >= 15 is 0 Å². The summed E-state index contributed by atoms with van der Waals surface area (Å²) in [5, 5.41) is 21.3. The largest absolute Gasteiger partial charge is 0.481 e. The first-order valence-corrected chi connectivity index (χ1v) is 20.1. The third kappa shape index (κ3) is 4.04. The Hall–Kier alpha value is -1.65. The maximum Gasteiger partial charge on any atom is 0.315 e. The Balaban J connectivity index is 1.33. The molecule has 4 saturated heterocycles. The van der Waals surface area contributed by atoms with Crippen LogP contribution in [0.25, 0.3) is 0 Å². The number of allylic oxidation sites excluding steroid dienone is 1. The lowest BCUT2D eigenvalue weighted by atomic mass is 9.43. The lowest BCUT2D eigenvalue weighted by molar-refractivity contribution is -0.492. The predicted octanol–water partition coefficient (Wildman–Crippen LogP) is 5.68. The zero-order valence-electron chi connectivity index (χ0n) is 29.3. The number of nitrogens with zero attached hydrogens (tertiary/aromatic N) is 1. The van der Waals surface area contributed by atoms with Gasteiger partial charge in [-0.15, -0.1) is 0 Å². The minimum Gasteiger partial charge on any atom is -0.481 e. The van der Waals surface area contributed by atoms with Crippen molar-refractivity contribution in [3.05, 3.63) is 11.6 Å². The van der Waals surface area contributed by atoms with E-state index in [1.54, 1.807) is 0 Å². The van der Waals surface area contributed by atoms with Crippen LogP contribution in [0.3, 0.4) is 0 Å². The second kappa shape index (κ2) is 10.7. The highest BCUT2D eigenvalue weighted by Gasteiger charge is 2.86. The van der Waals surface area contributed by atoms with Crippen LogP contribution in [0, 0.1) is 68.5 Å². The summed E-state index contributed by atoms with van der Waals surface area (Å²) in [6, 6.07) is 2.24. The first-order valence-electron chi connectivity index (χ1n) is 17.7. The third-order valence-corrected chi connectivity index (χ3v) is 14.0. The van der Waals surface area contributed by atoms with E-state index in [-0.39, 0.29) is 30.3 Å². The van der Waals surface area contributed by atoms with Gasteiger partial charge in [-0.1, -0.05) is 66.5 Å². The van der Waals surface area contributed by atoms with Crippen LogP contribution in [0.15, 0.2) is 11.6 Å². The fourth-order valence-electron chi connectivity index (χ4n) is 11.9. The van der Waals surface area contributed by atoms with Gasteiger partial charge in [0.05, 0.1) is 24.0 Å². The molecule has 0 spiro atoms. The highest BCUT2D eigenvalue weighted by atomic mass is 28.3. The molecule has 14 unspecified atom stereocenters. The van der Waals surface area contributed by atoms with Crippen molar-refractivity contribution in [1.82, 2.24) is 0 Å². The summed E-state index contributed by atoms with van der Waals surface area (Å²) < 4.78 is 40.2. The predicted molar refractivity (Wildman–Crippen MR) is 170 cm³/mol. The van der Waals surface area contributed by atoms with Gasteiger partial charge in [-0.05, 0) is 73.8 Å². The number of hydrogen-bond acceptors (Lipinski definition) is 9. The molecule has 11 heteroatoms. The summed E-state index contributed by atoms with van der Waals surface area (Å²) in [6.45, 7) is 18.5. The molecule has 1 N–H and O–H groups in total. The molecule has 0 amide bonds. The topological polar surface area (TPSA) is 134 Å². The van der Waals surface area contributed by atoms with Gasteiger partial charge in [0.25, 0.3) is 5.97 Å². The van der Waals surface area contributed by atoms with Gasteiger partial charge in [-0.2, -0.15) is 5.26 Å². The van der Waals surface area contributed by atoms with Crippen molar-refractivity contribution < 1.29 is 42.8 Å². The Morgan fingerprint density at radius 3 is 2.51 bits per heavy atom. The van der Waals surface area contributed by atoms with Crippen LogP contribution in [0.5, 0.6) is 0 Å². The van der Waals surface area contributed by atoms with Crippen molar-refractivity contribution in [2.75, 3.05) is 6.61 Å². The number of carboxylic acid groups (broad SMARTS) is 1. The molecule has 0 aromatic heterocycles. The fourth-order valence-corrected chi connectivity index (χ4v) is 12.7. The lowest BCUT2D eigenvalue weighted by Crippen LogP contribution is -2.66. The Bertz CT molecular complexity index is 1410. The van der Waals surface area contributed by atoms with Crippen molar-refractivity contribution in [2.45, 2.75) is 130 Å². The zero-order valence-corrected chi connectivity index (χ0v) is 30.3. The molecular formula is C36H52NO9Si. The van der Waals surface area contributed by atoms with Crippen LogP contribution >= 0.6 is 0 Å². The lowest BCUT2D eigenvalue weighted by Gasteiger charge is -2.59. The first-order chi connectivity index (χ1) is 22.0. The van der Waals surface area contributed by atoms with Crippen molar-refractivity contribution >= 4 is 21.3 Å². The molecule has 7 fully saturated rings. The summed E-state index contributed by atoms with van der Waals surface area (Å²) >= 11 is 0. The maximum atomic E-state index is 14.0. The molecule has 47 heavy (non-hydrogen) atoms. The Morgan fingerprint density at radius 1 is 1.21 bits per heavy atom. The van der Waals surface area contributed by atoms with Crippen LogP contribution in [0.4, 0.5) is 0 Å². The Kier molecular flexibility index (Phi) is 7.68. The number of carboxylic acids is 1. The number of aldehydes is 1. The summed E-state index contributed by atoms with van der Waals surface area (Å²) in [4.78, 5) is 27.6. The standard InChI is InChI=1S/C36H52NO9Si/c1-10-22(16-37)42-27-26-28(31(5,6)7)35(44-29(27)36(43-26,45-35)46-47(8)9)41-18-33-15-23-20(4)11-12-24(23)32(17-38)14-21(33)13-25(19(2)3)34(32,33)30(39)40/h13,17,19-24,26-29H,10-12,14-15,18H2,1-9H3,(H,39,40). The van der Waals surface area contributed by atoms with Gasteiger partial charge in [0.15, 0.2) is 6.10 Å². The van der Waals surface area contributed by atoms with Crippen LogP contribution in [0.1, 0.15) is 80.6 Å². The van der Waals surface area contributed by atoms with Crippen molar-refractivity contribution in [1.29, 1.82) is 5.26 Å². The highest BCUT2D eigenvalue weighted by Crippen LogP contribution is 2.83. The van der Waals surface area contributed by atoms with E-state index in [0.29, 0.717) is 25.2 Å². The second-order valence-corrected chi connectivity index (χ2v) is 19.2. The van der Waals surface area contributed by atoms with E-state index in [9.17, 15) is 20.0 Å². The van der Waals surface area contributed by atoms with Crippen LogP contribution in [-0.2, 0) is 37.7 Å². The molecule has 4 aliphatic heterocycles. The first kappa shape index (κ1) is 33.8. The van der Waals surface area contributed by atoms with Gasteiger partial charge in [0, 0.05) is 5.41 Å². The molecule has 3 saturated carbocycles. The molecule has 1 radical (unpaired) electrons. The molecule has 4 heterocycles. The normalized spacial score (nSPS) is 49.4. The quantitative estimate of drug-likeness (QED) is 0.166. The van der Waals surface area contributed by atoms with E-state index in [4.69, 9.17) is 28.1 Å². The van der Waals surface area contributed by atoms with Gasteiger partial charge in [0.2, 0.25) is 9.04 Å². The number of carbonyl (C=O) groups excluding carboxylic acids is 1. The van der Waals surface area contributed by atoms with Gasteiger partial charge in [-0.25, -0.2) is 0 Å². The van der Waals surface area contributed by atoms with Crippen LogP contribution in [0.2, 0.25) is 13.1 Å². The van der Waals surface area contributed by atoms with Gasteiger partial charge >= 0.3 is 11.9 Å². The van der Waals surface area contributed by atoms with Crippen molar-refractivity contribution in [2.24, 2.45) is 57.2 Å². The fraction of sp³-hybridized carbons (Fsp3) is 0.861. The van der Waals surface area contributed by atoms with E-state index in [2.05, 4.69) is 39.8 Å². The summed E-state index contributed by atoms with van der Waals surface area (Å²) in [7, 11) is -1.37. The average molecular weight is 671 g/mol. The number of nitriles is 1. The zero-order chi connectivity index (χ0) is 34.1. The number of rotatable bonds is 11. The monoisotopic (exact) mass is 670 g/mol. The Morgan fingerprint density at radius 2 is 1.94 bits per heavy atom. The molecule has 8 rings (SSSR count). The SMILES string of the molecule is CCC(C#N)OC1C2OC3(O[Si](C)C)OC(OCC45CC6C(C)CCC6C6(C=O)CC4C=C(C(C)C)C65C(=O)O)(OC13)C2C(C)(C)C. The number of hydrogen-bond donors (Lipinski definition) is 1. The molecule has 8 bridgehead atoms. The Labute approximate surface area is 280 Å². The van der Waals surface area contributed by atoms with E-state index in [1.807, 2.05) is 33.9 Å². The number of fused-ring (bicyclic) bond motifs is 2. The number of ether oxygens (including phenoxy) is 5. The number of carbonyl (C=O) groups is 2. The molecule has 8 aliphatic rings. The minimum atomic E-state index is -1.60. The van der Waals surface area contributed by atoms with Gasteiger partial charge in [0.1, 0.15) is 30.0 Å². The molecule has 14 atom stereocenters.